The van der Waals surface area contributed by atoms with Crippen LogP contribution < -0.4 is 9.62 Å². The number of sulfonamides is 1. The SMILES string of the molecule is CC[C@H](C(=O)NCC(C)C)N(Cc1ccc(Cl)c(Cl)c1)C(=O)CN(c1ccc(F)c(Cl)c1)S(=O)(=O)c1ccccc1. The van der Waals surface area contributed by atoms with Gasteiger partial charge in [0.05, 0.1) is 25.7 Å². The number of hydrogen-bond acceptors (Lipinski definition) is 4. The average molecular weight is 643 g/mol. The molecule has 0 radical (unpaired) electrons. The first-order chi connectivity index (χ1) is 19.3. The van der Waals surface area contributed by atoms with E-state index in [1.165, 1.54) is 23.1 Å². The fourth-order valence-electron chi connectivity index (χ4n) is 4.07. The molecule has 0 saturated carbocycles. The third-order valence-corrected chi connectivity index (χ3v) is 9.03. The van der Waals surface area contributed by atoms with E-state index in [9.17, 15) is 22.4 Å². The van der Waals surface area contributed by atoms with Crippen LogP contribution in [0.1, 0.15) is 32.8 Å². The topological polar surface area (TPSA) is 86.8 Å². The maximum absolute atomic E-state index is 14.0. The summed E-state index contributed by atoms with van der Waals surface area (Å²) in [4.78, 5) is 28.5. The van der Waals surface area contributed by atoms with Gasteiger partial charge in [0, 0.05) is 13.1 Å². The smallest absolute Gasteiger partial charge is 0.264 e. The van der Waals surface area contributed by atoms with E-state index < -0.39 is 34.3 Å². The Balaban J connectivity index is 2.07. The number of halogens is 4. The van der Waals surface area contributed by atoms with Crippen molar-refractivity contribution in [3.63, 3.8) is 0 Å². The van der Waals surface area contributed by atoms with Gasteiger partial charge in [-0.05, 0) is 60.4 Å². The Bertz CT molecular complexity index is 1490. The Morgan fingerprint density at radius 2 is 1.61 bits per heavy atom. The molecule has 0 fully saturated rings. The second-order valence-corrected chi connectivity index (χ2v) is 12.8. The Labute approximate surface area is 255 Å². The molecule has 12 heteroatoms. The number of hydrogen-bond donors (Lipinski definition) is 1. The Morgan fingerprint density at radius 1 is 0.927 bits per heavy atom. The van der Waals surface area contributed by atoms with Gasteiger partial charge in [0.25, 0.3) is 10.0 Å². The predicted molar refractivity (Wildman–Crippen MR) is 161 cm³/mol. The standard InChI is InChI=1S/C29H31Cl3FN3O4S/c1-4-27(29(38)34-16-19(2)3)35(17-20-10-12-23(30)24(31)14-20)28(37)18-36(21-11-13-26(33)25(32)15-21)41(39,40)22-8-6-5-7-9-22/h5-15,19,27H,4,16-18H2,1-3H3,(H,34,38)/t27-/m1/s1. The van der Waals surface area contributed by atoms with Gasteiger partial charge in [0.15, 0.2) is 0 Å². The largest absolute Gasteiger partial charge is 0.354 e. The van der Waals surface area contributed by atoms with Gasteiger partial charge in [-0.25, -0.2) is 12.8 Å². The molecule has 41 heavy (non-hydrogen) atoms. The fraction of sp³-hybridized carbons (Fsp3) is 0.310. The first-order valence-corrected chi connectivity index (χ1v) is 15.5. The van der Waals surface area contributed by atoms with Crippen LogP contribution >= 0.6 is 34.8 Å². The highest BCUT2D eigenvalue weighted by atomic mass is 35.5. The van der Waals surface area contributed by atoms with Gasteiger partial charge in [0.1, 0.15) is 18.4 Å². The van der Waals surface area contributed by atoms with Crippen LogP contribution in [0.2, 0.25) is 15.1 Å². The molecular weight excluding hydrogens is 612 g/mol. The summed E-state index contributed by atoms with van der Waals surface area (Å²) in [6, 6.07) is 14.8. The molecule has 7 nitrogen and oxygen atoms in total. The van der Waals surface area contributed by atoms with E-state index in [4.69, 9.17) is 34.8 Å². The molecule has 2 amide bonds. The quantitative estimate of drug-likeness (QED) is 0.243. The minimum Gasteiger partial charge on any atom is -0.354 e. The molecule has 0 spiro atoms. The highest BCUT2D eigenvalue weighted by molar-refractivity contribution is 7.92. The van der Waals surface area contributed by atoms with Crippen molar-refractivity contribution in [1.82, 2.24) is 10.2 Å². The molecule has 0 bridgehead atoms. The number of rotatable bonds is 12. The highest BCUT2D eigenvalue weighted by Crippen LogP contribution is 2.29. The van der Waals surface area contributed by atoms with Crippen molar-refractivity contribution in [3.8, 4) is 0 Å². The van der Waals surface area contributed by atoms with E-state index in [1.807, 2.05) is 13.8 Å². The molecule has 3 aromatic carbocycles. The van der Waals surface area contributed by atoms with Gasteiger partial charge >= 0.3 is 0 Å². The zero-order chi connectivity index (χ0) is 30.3. The molecule has 220 valence electrons. The van der Waals surface area contributed by atoms with E-state index in [-0.39, 0.29) is 45.4 Å². The summed E-state index contributed by atoms with van der Waals surface area (Å²) in [5, 5.41) is 3.14. The molecule has 0 aliphatic heterocycles. The molecule has 1 atom stereocenters. The molecule has 1 N–H and O–H groups in total. The van der Waals surface area contributed by atoms with Crippen LogP contribution in [0, 0.1) is 11.7 Å². The van der Waals surface area contributed by atoms with Crippen molar-refractivity contribution < 1.29 is 22.4 Å². The third-order valence-electron chi connectivity index (χ3n) is 6.21. The maximum atomic E-state index is 14.0. The van der Waals surface area contributed by atoms with Crippen LogP contribution in [0.25, 0.3) is 0 Å². The lowest BCUT2D eigenvalue weighted by molar-refractivity contribution is -0.140. The minimum absolute atomic E-state index is 0.0135. The van der Waals surface area contributed by atoms with Crippen LogP contribution in [0.3, 0.4) is 0 Å². The highest BCUT2D eigenvalue weighted by Gasteiger charge is 2.34. The summed E-state index contributed by atoms with van der Waals surface area (Å²) in [5.74, 6) is -1.61. The van der Waals surface area contributed by atoms with E-state index >= 15 is 0 Å². The zero-order valence-electron chi connectivity index (χ0n) is 22.8. The van der Waals surface area contributed by atoms with E-state index in [0.717, 1.165) is 16.4 Å². The Kier molecular flexibility index (Phi) is 11.4. The van der Waals surface area contributed by atoms with Gasteiger partial charge in [-0.3, -0.25) is 13.9 Å². The van der Waals surface area contributed by atoms with Crippen molar-refractivity contribution >= 4 is 62.3 Å². The third kappa shape index (κ3) is 8.35. The summed E-state index contributed by atoms with van der Waals surface area (Å²) in [6.45, 7) is 5.31. The van der Waals surface area contributed by atoms with Crippen molar-refractivity contribution in [2.24, 2.45) is 5.92 Å². The van der Waals surface area contributed by atoms with E-state index in [1.54, 1.807) is 43.3 Å². The summed E-state index contributed by atoms with van der Waals surface area (Å²) in [6.07, 6.45) is 0.255. The van der Waals surface area contributed by atoms with Crippen molar-refractivity contribution in [2.45, 2.75) is 44.7 Å². The van der Waals surface area contributed by atoms with Gasteiger partial charge in [-0.1, -0.05) is 79.8 Å². The molecule has 0 saturated heterocycles. The summed E-state index contributed by atoms with van der Waals surface area (Å²) in [5.41, 5.74) is 0.575. The zero-order valence-corrected chi connectivity index (χ0v) is 25.9. The number of benzene rings is 3. The van der Waals surface area contributed by atoms with Gasteiger partial charge in [-0.15, -0.1) is 0 Å². The minimum atomic E-state index is -4.31. The molecule has 0 aliphatic carbocycles. The van der Waals surface area contributed by atoms with Crippen LogP contribution in [0.4, 0.5) is 10.1 Å². The molecule has 3 rings (SSSR count). The normalized spacial score (nSPS) is 12.2. The van der Waals surface area contributed by atoms with Crippen molar-refractivity contribution in [1.29, 1.82) is 0 Å². The summed E-state index contributed by atoms with van der Waals surface area (Å²) >= 11 is 18.3. The van der Waals surface area contributed by atoms with Crippen LogP contribution in [-0.4, -0.2) is 44.3 Å². The fourth-order valence-corrected chi connectivity index (χ4v) is 5.99. The molecule has 0 unspecified atom stereocenters. The average Bonchev–Trinajstić information content (AvgIpc) is 2.94. The number of anilines is 1. The summed E-state index contributed by atoms with van der Waals surface area (Å²) < 4.78 is 42.4. The number of carbonyl (C=O) groups excluding carboxylic acids is 2. The second-order valence-electron chi connectivity index (χ2n) is 9.76. The van der Waals surface area contributed by atoms with Crippen LogP contribution in [-0.2, 0) is 26.2 Å². The number of carbonyl (C=O) groups is 2. The first kappa shape index (κ1) is 32.7. The number of amides is 2. The number of nitrogens with zero attached hydrogens (tertiary/aromatic N) is 2. The molecule has 3 aromatic rings. The first-order valence-electron chi connectivity index (χ1n) is 12.9. The molecule has 0 aromatic heterocycles. The molecule has 0 heterocycles. The molecule has 0 aliphatic rings. The Morgan fingerprint density at radius 3 is 2.20 bits per heavy atom. The lowest BCUT2D eigenvalue weighted by atomic mass is 10.1. The van der Waals surface area contributed by atoms with E-state index in [2.05, 4.69) is 5.32 Å². The monoisotopic (exact) mass is 641 g/mol. The van der Waals surface area contributed by atoms with E-state index in [0.29, 0.717) is 17.1 Å². The van der Waals surface area contributed by atoms with Gasteiger partial charge in [0.2, 0.25) is 11.8 Å². The predicted octanol–water partition coefficient (Wildman–Crippen LogP) is 6.56. The van der Waals surface area contributed by atoms with Crippen LogP contribution in [0.15, 0.2) is 71.6 Å². The Hall–Kier alpha value is -2.85. The van der Waals surface area contributed by atoms with Gasteiger partial charge < -0.3 is 10.2 Å². The van der Waals surface area contributed by atoms with Crippen molar-refractivity contribution in [2.75, 3.05) is 17.4 Å². The van der Waals surface area contributed by atoms with Gasteiger partial charge in [-0.2, -0.15) is 0 Å². The maximum Gasteiger partial charge on any atom is 0.264 e. The lowest BCUT2D eigenvalue weighted by Gasteiger charge is -2.33. The van der Waals surface area contributed by atoms with Crippen LogP contribution in [0.5, 0.6) is 0 Å². The lowest BCUT2D eigenvalue weighted by Crippen LogP contribution is -2.52. The second kappa shape index (κ2) is 14.4. The summed E-state index contributed by atoms with van der Waals surface area (Å²) in [7, 11) is -4.31. The van der Waals surface area contributed by atoms with Crippen molar-refractivity contribution in [3.05, 3.63) is 93.2 Å². The molecular formula is C29H31Cl3FN3O4S. The number of nitrogens with one attached hydrogen (secondary N) is 1.